The van der Waals surface area contributed by atoms with E-state index in [1.54, 1.807) is 4.68 Å². The van der Waals surface area contributed by atoms with Crippen molar-refractivity contribution in [2.45, 2.75) is 47.1 Å². The van der Waals surface area contributed by atoms with Crippen LogP contribution in [0.25, 0.3) is 0 Å². The molecule has 1 unspecified atom stereocenters. The van der Waals surface area contributed by atoms with E-state index in [-0.39, 0.29) is 11.6 Å². The lowest BCUT2D eigenvalue weighted by Crippen LogP contribution is -2.24. The molecule has 1 N–H and O–H groups in total. The molecule has 0 fully saturated rings. The molecular formula is C11H20N2O. The van der Waals surface area contributed by atoms with Crippen molar-refractivity contribution in [1.82, 2.24) is 9.78 Å². The second kappa shape index (κ2) is 4.03. The maximum absolute atomic E-state index is 11.8. The Hall–Kier alpha value is -0.990. The summed E-state index contributed by atoms with van der Waals surface area (Å²) in [6, 6.07) is 0.238. The van der Waals surface area contributed by atoms with Crippen LogP contribution >= 0.6 is 0 Å². The van der Waals surface area contributed by atoms with Gasteiger partial charge in [0, 0.05) is 11.3 Å². The quantitative estimate of drug-likeness (QED) is 0.791. The summed E-state index contributed by atoms with van der Waals surface area (Å²) in [6.07, 6.45) is 0.888. The van der Waals surface area contributed by atoms with Crippen molar-refractivity contribution in [2.24, 2.45) is 5.92 Å². The third kappa shape index (κ3) is 1.76. The Bertz CT molecular complexity index is 360. The van der Waals surface area contributed by atoms with Gasteiger partial charge in [0.15, 0.2) is 0 Å². The third-order valence-corrected chi connectivity index (χ3v) is 2.97. The minimum atomic E-state index is 0.128. The van der Waals surface area contributed by atoms with Crippen LogP contribution in [-0.2, 0) is 6.42 Å². The highest BCUT2D eigenvalue weighted by Gasteiger charge is 2.15. The van der Waals surface area contributed by atoms with Gasteiger partial charge in [-0.1, -0.05) is 20.8 Å². The lowest BCUT2D eigenvalue weighted by atomic mass is 10.1. The van der Waals surface area contributed by atoms with Gasteiger partial charge >= 0.3 is 0 Å². The van der Waals surface area contributed by atoms with Crippen LogP contribution in [-0.4, -0.2) is 9.78 Å². The molecule has 1 atom stereocenters. The molecule has 3 nitrogen and oxygen atoms in total. The Morgan fingerprint density at radius 2 is 1.93 bits per heavy atom. The average Bonchev–Trinajstić information content (AvgIpc) is 2.43. The molecule has 3 heteroatoms. The molecule has 80 valence electrons. The first-order valence-electron chi connectivity index (χ1n) is 5.29. The van der Waals surface area contributed by atoms with Gasteiger partial charge in [-0.25, -0.2) is 4.68 Å². The van der Waals surface area contributed by atoms with Gasteiger partial charge < -0.3 is 0 Å². The zero-order valence-electron chi connectivity index (χ0n) is 9.72. The molecular weight excluding hydrogens is 176 g/mol. The Morgan fingerprint density at radius 3 is 2.29 bits per heavy atom. The van der Waals surface area contributed by atoms with E-state index in [1.807, 2.05) is 6.92 Å². The zero-order chi connectivity index (χ0) is 10.9. The lowest BCUT2D eigenvalue weighted by Gasteiger charge is -2.15. The molecule has 1 aromatic heterocycles. The van der Waals surface area contributed by atoms with Gasteiger partial charge in [-0.05, 0) is 26.2 Å². The predicted molar refractivity (Wildman–Crippen MR) is 58.7 cm³/mol. The monoisotopic (exact) mass is 196 g/mol. The summed E-state index contributed by atoms with van der Waals surface area (Å²) < 4.78 is 1.75. The fourth-order valence-corrected chi connectivity index (χ4v) is 1.52. The van der Waals surface area contributed by atoms with Crippen LogP contribution in [0.1, 0.15) is 45.0 Å². The summed E-state index contributed by atoms with van der Waals surface area (Å²) in [5.74, 6) is 0.468. The number of hydrogen-bond donors (Lipinski definition) is 1. The number of aryl methyl sites for hydroxylation is 1. The van der Waals surface area contributed by atoms with E-state index in [2.05, 4.69) is 32.8 Å². The first-order valence-corrected chi connectivity index (χ1v) is 5.29. The number of hydrogen-bond acceptors (Lipinski definition) is 1. The van der Waals surface area contributed by atoms with Crippen molar-refractivity contribution in [2.75, 3.05) is 0 Å². The number of H-pyrrole nitrogens is 1. The van der Waals surface area contributed by atoms with E-state index in [4.69, 9.17) is 0 Å². The molecule has 0 amide bonds. The van der Waals surface area contributed by atoms with Crippen LogP contribution in [0.3, 0.4) is 0 Å². The van der Waals surface area contributed by atoms with Crippen LogP contribution in [0.15, 0.2) is 4.79 Å². The maximum Gasteiger partial charge on any atom is 0.269 e. The fourth-order valence-electron chi connectivity index (χ4n) is 1.52. The van der Waals surface area contributed by atoms with Crippen LogP contribution in [0, 0.1) is 12.8 Å². The maximum atomic E-state index is 11.8. The summed E-state index contributed by atoms with van der Waals surface area (Å²) in [4.78, 5) is 11.8. The molecule has 0 saturated carbocycles. The first kappa shape index (κ1) is 11.1. The Morgan fingerprint density at radius 1 is 1.36 bits per heavy atom. The lowest BCUT2D eigenvalue weighted by molar-refractivity contribution is 0.365. The highest BCUT2D eigenvalue weighted by atomic mass is 16.1. The van der Waals surface area contributed by atoms with Gasteiger partial charge in [0.2, 0.25) is 0 Å². The van der Waals surface area contributed by atoms with Gasteiger partial charge in [-0.2, -0.15) is 0 Å². The van der Waals surface area contributed by atoms with Crippen LogP contribution in [0.5, 0.6) is 0 Å². The van der Waals surface area contributed by atoms with Crippen molar-refractivity contribution in [3.63, 3.8) is 0 Å². The molecule has 1 heterocycles. The first-order chi connectivity index (χ1) is 6.49. The molecule has 0 aliphatic carbocycles. The van der Waals surface area contributed by atoms with Crippen LogP contribution in [0.2, 0.25) is 0 Å². The molecule has 0 radical (unpaired) electrons. The molecule has 1 rings (SSSR count). The number of aromatic amines is 1. The van der Waals surface area contributed by atoms with E-state index in [0.717, 1.165) is 17.7 Å². The van der Waals surface area contributed by atoms with E-state index in [1.165, 1.54) is 0 Å². The summed E-state index contributed by atoms with van der Waals surface area (Å²) in [5, 5.41) is 3.18. The smallest absolute Gasteiger partial charge is 0.269 e. The minimum absolute atomic E-state index is 0.128. The third-order valence-electron chi connectivity index (χ3n) is 2.97. The number of rotatable bonds is 3. The van der Waals surface area contributed by atoms with Crippen LogP contribution < -0.4 is 5.56 Å². The van der Waals surface area contributed by atoms with Gasteiger partial charge in [0.25, 0.3) is 5.56 Å². The number of nitrogens with one attached hydrogen (secondary N) is 1. The summed E-state index contributed by atoms with van der Waals surface area (Å²) in [7, 11) is 0. The molecule has 14 heavy (non-hydrogen) atoms. The SMILES string of the molecule is CCc1[nH]n(C(C)C(C)C)c(=O)c1C. The minimum Gasteiger partial charge on any atom is -0.299 e. The zero-order valence-corrected chi connectivity index (χ0v) is 9.72. The molecule has 0 saturated heterocycles. The van der Waals surface area contributed by atoms with E-state index < -0.39 is 0 Å². The average molecular weight is 196 g/mol. The van der Waals surface area contributed by atoms with Crippen molar-refractivity contribution >= 4 is 0 Å². The largest absolute Gasteiger partial charge is 0.299 e. The predicted octanol–water partition coefficient (Wildman–Crippen LogP) is 2.26. The van der Waals surface area contributed by atoms with Gasteiger partial charge in [-0.3, -0.25) is 9.89 Å². The number of aromatic nitrogens is 2. The van der Waals surface area contributed by atoms with E-state index >= 15 is 0 Å². The molecule has 1 aromatic rings. The Kier molecular flexibility index (Phi) is 3.19. The summed E-state index contributed by atoms with van der Waals surface area (Å²) >= 11 is 0. The van der Waals surface area contributed by atoms with Crippen LogP contribution in [0.4, 0.5) is 0 Å². The second-order valence-corrected chi connectivity index (χ2v) is 4.23. The molecule has 0 aromatic carbocycles. The molecule has 0 aliphatic heterocycles. The van der Waals surface area contributed by atoms with Gasteiger partial charge in [0.05, 0.1) is 6.04 Å². The highest BCUT2D eigenvalue weighted by molar-refractivity contribution is 5.15. The molecule has 0 bridgehead atoms. The van der Waals surface area contributed by atoms with Crippen molar-refractivity contribution < 1.29 is 0 Å². The van der Waals surface area contributed by atoms with Gasteiger partial charge in [-0.15, -0.1) is 0 Å². The van der Waals surface area contributed by atoms with Crippen molar-refractivity contribution in [3.05, 3.63) is 21.6 Å². The second-order valence-electron chi connectivity index (χ2n) is 4.23. The summed E-state index contributed by atoms with van der Waals surface area (Å²) in [6.45, 7) is 10.3. The van der Waals surface area contributed by atoms with Crippen molar-refractivity contribution in [1.29, 1.82) is 0 Å². The fraction of sp³-hybridized carbons (Fsp3) is 0.727. The number of nitrogens with zero attached hydrogens (tertiary/aromatic N) is 1. The van der Waals surface area contributed by atoms with E-state index in [0.29, 0.717) is 5.92 Å². The van der Waals surface area contributed by atoms with Crippen molar-refractivity contribution in [3.8, 4) is 0 Å². The van der Waals surface area contributed by atoms with Gasteiger partial charge in [0.1, 0.15) is 0 Å². The molecule has 0 spiro atoms. The normalized spacial score (nSPS) is 13.6. The summed E-state index contributed by atoms with van der Waals surface area (Å²) in [5.41, 5.74) is 2.05. The van der Waals surface area contributed by atoms with E-state index in [9.17, 15) is 4.79 Å². The standard InChI is InChI=1S/C11H20N2O/c1-6-10-8(4)11(14)13(12-10)9(5)7(2)3/h7,9,12H,6H2,1-5H3. The Balaban J connectivity index is 3.17. The molecule has 0 aliphatic rings. The topological polar surface area (TPSA) is 37.8 Å². The highest BCUT2D eigenvalue weighted by Crippen LogP contribution is 2.14. The Labute approximate surface area is 85.1 Å².